The molecule has 1 atom stereocenters. The summed E-state index contributed by atoms with van der Waals surface area (Å²) in [5, 5.41) is 1.14. The number of amides is 1. The van der Waals surface area contributed by atoms with Gasteiger partial charge in [-0.3, -0.25) is 4.79 Å². The molecule has 0 radical (unpaired) electrons. The van der Waals surface area contributed by atoms with E-state index in [1.165, 1.54) is 0 Å². The second-order valence-corrected chi connectivity index (χ2v) is 11.0. The number of ether oxygens (including phenoxy) is 1. The summed E-state index contributed by atoms with van der Waals surface area (Å²) in [6.07, 6.45) is -3.47. The minimum atomic E-state index is -4.87. The van der Waals surface area contributed by atoms with Crippen molar-refractivity contribution in [2.24, 2.45) is 0 Å². The topological polar surface area (TPSA) is 61.8 Å². The van der Waals surface area contributed by atoms with Crippen molar-refractivity contribution in [3.05, 3.63) is 59.4 Å². The maximum absolute atomic E-state index is 16.7. The highest BCUT2D eigenvalue weighted by Gasteiger charge is 2.38. The van der Waals surface area contributed by atoms with Crippen LogP contribution in [-0.2, 0) is 11.0 Å². The molecule has 3 aromatic carbocycles. The normalized spacial score (nSPS) is 16.1. The average Bonchev–Trinajstić information content (AvgIpc) is 2.95. The predicted octanol–water partition coefficient (Wildman–Crippen LogP) is 5.91. The Morgan fingerprint density at radius 3 is 2.52 bits per heavy atom. The van der Waals surface area contributed by atoms with E-state index in [1.54, 1.807) is 53.1 Å². The fraction of sp³-hybridized carbons (Fsp3) is 0.387. The number of halogens is 4. The highest BCUT2D eigenvalue weighted by Crippen LogP contribution is 2.46. The van der Waals surface area contributed by atoms with E-state index in [2.05, 4.69) is 9.97 Å². The van der Waals surface area contributed by atoms with Gasteiger partial charge < -0.3 is 19.4 Å². The summed E-state index contributed by atoms with van der Waals surface area (Å²) < 4.78 is 66.9. The Morgan fingerprint density at radius 1 is 1.07 bits per heavy atom. The SMILES string of the molecule is Cc1ccc2ccccc2c1-c1c(C(F)(F)F)cc2c(N3CCN(C=O)C(C)C3)nc(OCCCN(C)C)nc2c1F. The van der Waals surface area contributed by atoms with E-state index < -0.39 is 23.1 Å². The minimum absolute atomic E-state index is 0.0612. The Kier molecular flexibility index (Phi) is 8.23. The lowest BCUT2D eigenvalue weighted by atomic mass is 9.89. The van der Waals surface area contributed by atoms with Gasteiger partial charge in [0.1, 0.15) is 11.3 Å². The van der Waals surface area contributed by atoms with Crippen LogP contribution in [0.25, 0.3) is 32.8 Å². The van der Waals surface area contributed by atoms with Crippen LogP contribution in [0, 0.1) is 12.7 Å². The second-order valence-electron chi connectivity index (χ2n) is 11.0. The van der Waals surface area contributed by atoms with Crippen LogP contribution in [0.2, 0.25) is 0 Å². The molecule has 7 nitrogen and oxygen atoms in total. The van der Waals surface area contributed by atoms with Crippen molar-refractivity contribution in [1.29, 1.82) is 0 Å². The van der Waals surface area contributed by atoms with Gasteiger partial charge in [-0.25, -0.2) is 4.39 Å². The number of hydrogen-bond donors (Lipinski definition) is 0. The van der Waals surface area contributed by atoms with Crippen LogP contribution in [0.1, 0.15) is 24.5 Å². The summed E-state index contributed by atoms with van der Waals surface area (Å²) >= 11 is 0. The molecule has 1 fully saturated rings. The molecule has 2 heterocycles. The Hall–Kier alpha value is -3.99. The van der Waals surface area contributed by atoms with Gasteiger partial charge in [0.2, 0.25) is 6.41 Å². The number of piperazine rings is 1. The van der Waals surface area contributed by atoms with E-state index in [0.29, 0.717) is 42.4 Å². The molecule has 4 aromatic rings. The van der Waals surface area contributed by atoms with Crippen LogP contribution < -0.4 is 9.64 Å². The number of alkyl halides is 3. The molecule has 222 valence electrons. The second kappa shape index (κ2) is 11.7. The third kappa shape index (κ3) is 5.70. The Bertz CT molecular complexity index is 1630. The quantitative estimate of drug-likeness (QED) is 0.146. The Labute approximate surface area is 241 Å². The first-order chi connectivity index (χ1) is 20.0. The number of hydrogen-bond acceptors (Lipinski definition) is 6. The summed E-state index contributed by atoms with van der Waals surface area (Å²) in [7, 11) is 3.85. The lowest BCUT2D eigenvalue weighted by Crippen LogP contribution is -2.51. The molecule has 1 saturated heterocycles. The van der Waals surface area contributed by atoms with E-state index in [-0.39, 0.29) is 40.9 Å². The van der Waals surface area contributed by atoms with Gasteiger partial charge in [-0.05, 0) is 62.3 Å². The van der Waals surface area contributed by atoms with Gasteiger partial charge in [-0.1, -0.05) is 36.4 Å². The van der Waals surface area contributed by atoms with E-state index >= 15 is 4.39 Å². The molecule has 42 heavy (non-hydrogen) atoms. The molecule has 1 amide bonds. The average molecular weight is 584 g/mol. The molecular formula is C31H33F4N5O2. The molecule has 0 aliphatic carbocycles. The molecule has 1 aromatic heterocycles. The molecule has 1 unspecified atom stereocenters. The van der Waals surface area contributed by atoms with Crippen LogP contribution in [-0.4, -0.2) is 79.1 Å². The van der Waals surface area contributed by atoms with E-state index in [1.807, 2.05) is 25.9 Å². The summed E-state index contributed by atoms with van der Waals surface area (Å²) in [5.41, 5.74) is -1.22. The monoisotopic (exact) mass is 583 g/mol. The van der Waals surface area contributed by atoms with Gasteiger partial charge in [0.05, 0.1) is 12.2 Å². The number of benzene rings is 3. The third-order valence-electron chi connectivity index (χ3n) is 7.68. The van der Waals surface area contributed by atoms with Crippen molar-refractivity contribution < 1.29 is 27.1 Å². The van der Waals surface area contributed by atoms with Crippen molar-refractivity contribution >= 4 is 33.9 Å². The number of carbonyl (C=O) groups is 1. The van der Waals surface area contributed by atoms with Crippen LogP contribution in [0.4, 0.5) is 23.4 Å². The predicted molar refractivity (Wildman–Crippen MR) is 155 cm³/mol. The number of aryl methyl sites for hydroxylation is 1. The van der Waals surface area contributed by atoms with Crippen LogP contribution in [0.5, 0.6) is 6.01 Å². The first-order valence-corrected chi connectivity index (χ1v) is 13.8. The Morgan fingerprint density at radius 2 is 1.83 bits per heavy atom. The maximum Gasteiger partial charge on any atom is 0.417 e. The summed E-state index contributed by atoms with van der Waals surface area (Å²) in [5.74, 6) is -0.939. The van der Waals surface area contributed by atoms with Crippen molar-refractivity contribution in [3.8, 4) is 17.1 Å². The maximum atomic E-state index is 16.7. The summed E-state index contributed by atoms with van der Waals surface area (Å²) in [4.78, 5) is 25.7. The van der Waals surface area contributed by atoms with Crippen LogP contribution in [0.3, 0.4) is 0 Å². The van der Waals surface area contributed by atoms with Crippen molar-refractivity contribution in [1.82, 2.24) is 19.8 Å². The largest absolute Gasteiger partial charge is 0.463 e. The molecule has 0 saturated carbocycles. The number of carbonyl (C=O) groups excluding carboxylic acids is 1. The smallest absolute Gasteiger partial charge is 0.417 e. The van der Waals surface area contributed by atoms with Gasteiger partial charge in [-0.2, -0.15) is 23.1 Å². The zero-order chi connectivity index (χ0) is 30.2. The number of fused-ring (bicyclic) bond motifs is 2. The van der Waals surface area contributed by atoms with E-state index in [9.17, 15) is 18.0 Å². The standard InChI is InChI=1S/C31H33F4N5O2/c1-19-10-11-21-8-5-6-9-22(21)25(19)26-24(31(33,34)35)16-23-28(27(26)32)36-30(42-15-7-12-38(3)4)37-29(23)39-13-14-40(18-41)20(2)17-39/h5-6,8-11,16,18,20H,7,12-15,17H2,1-4H3. The van der Waals surface area contributed by atoms with E-state index in [0.717, 1.165) is 19.0 Å². The number of aromatic nitrogens is 2. The summed E-state index contributed by atoms with van der Waals surface area (Å²) in [6.45, 7) is 5.45. The fourth-order valence-corrected chi connectivity index (χ4v) is 5.54. The fourth-order valence-electron chi connectivity index (χ4n) is 5.54. The zero-order valence-electron chi connectivity index (χ0n) is 24.0. The van der Waals surface area contributed by atoms with E-state index in [4.69, 9.17) is 4.74 Å². The first-order valence-electron chi connectivity index (χ1n) is 13.8. The molecule has 1 aliphatic rings. The molecule has 1 aliphatic heterocycles. The molecule has 5 rings (SSSR count). The molecule has 0 spiro atoms. The lowest BCUT2D eigenvalue weighted by molar-refractivity contribution is -0.137. The van der Waals surface area contributed by atoms with Crippen molar-refractivity contribution in [2.45, 2.75) is 32.5 Å². The van der Waals surface area contributed by atoms with Gasteiger partial charge in [0.25, 0.3) is 0 Å². The van der Waals surface area contributed by atoms with Gasteiger partial charge in [0.15, 0.2) is 5.82 Å². The van der Waals surface area contributed by atoms with Gasteiger partial charge in [-0.15, -0.1) is 0 Å². The minimum Gasteiger partial charge on any atom is -0.463 e. The first kappa shape index (κ1) is 29.5. The van der Waals surface area contributed by atoms with Crippen LogP contribution in [0.15, 0.2) is 42.5 Å². The third-order valence-corrected chi connectivity index (χ3v) is 7.68. The zero-order valence-corrected chi connectivity index (χ0v) is 24.0. The highest BCUT2D eigenvalue weighted by atomic mass is 19.4. The van der Waals surface area contributed by atoms with Crippen molar-refractivity contribution in [3.63, 3.8) is 0 Å². The summed E-state index contributed by atoms with van der Waals surface area (Å²) in [6, 6.07) is 11.1. The molecular weight excluding hydrogens is 550 g/mol. The number of anilines is 1. The Balaban J connectivity index is 1.76. The molecule has 11 heteroatoms. The number of nitrogens with zero attached hydrogens (tertiary/aromatic N) is 5. The highest BCUT2D eigenvalue weighted by molar-refractivity contribution is 6.03. The lowest BCUT2D eigenvalue weighted by Gasteiger charge is -2.38. The molecule has 0 bridgehead atoms. The van der Waals surface area contributed by atoms with Crippen LogP contribution >= 0.6 is 0 Å². The van der Waals surface area contributed by atoms with Gasteiger partial charge in [0, 0.05) is 43.2 Å². The van der Waals surface area contributed by atoms with Gasteiger partial charge >= 0.3 is 12.2 Å². The molecule has 0 N–H and O–H groups in total. The number of rotatable bonds is 8. The van der Waals surface area contributed by atoms with Crippen molar-refractivity contribution in [2.75, 3.05) is 51.8 Å².